The van der Waals surface area contributed by atoms with Crippen LogP contribution in [-0.2, 0) is 28.6 Å². The van der Waals surface area contributed by atoms with Crippen LogP contribution < -0.4 is 0 Å². The van der Waals surface area contributed by atoms with E-state index in [4.69, 9.17) is 14.2 Å². The third kappa shape index (κ3) is 51.1. The van der Waals surface area contributed by atoms with Gasteiger partial charge in [-0.2, -0.15) is 0 Å². The van der Waals surface area contributed by atoms with Crippen LogP contribution >= 0.6 is 0 Å². The van der Waals surface area contributed by atoms with Gasteiger partial charge >= 0.3 is 17.9 Å². The summed E-state index contributed by atoms with van der Waals surface area (Å²) in [5, 5.41) is 0. The molecule has 0 aliphatic carbocycles. The number of rotatable bonds is 47. The molecule has 0 aliphatic rings. The van der Waals surface area contributed by atoms with Gasteiger partial charge < -0.3 is 14.2 Å². The van der Waals surface area contributed by atoms with Gasteiger partial charge in [0.05, 0.1) is 0 Å². The second-order valence-corrected chi connectivity index (χ2v) is 17.4. The molecule has 0 amide bonds. The summed E-state index contributed by atoms with van der Waals surface area (Å²) in [5.41, 5.74) is 0. The van der Waals surface area contributed by atoms with Crippen LogP contribution in [0.2, 0.25) is 0 Å². The van der Waals surface area contributed by atoms with E-state index >= 15 is 0 Å². The fraction of sp³-hybridized carbons (Fsp3) is 0.650. The topological polar surface area (TPSA) is 78.9 Å². The average Bonchev–Trinajstić information content (AvgIpc) is 3.31. The quantitative estimate of drug-likeness (QED) is 0.0262. The van der Waals surface area contributed by atoms with E-state index in [1.165, 1.54) is 57.8 Å². The van der Waals surface area contributed by atoms with E-state index in [0.717, 1.165) is 135 Å². The standard InChI is InChI=1S/C60H98O6/c1-4-7-10-13-16-19-21-22-23-24-25-26-27-28-29-30-31-32-33-34-35-36-37-38-40-41-44-47-50-53-59(62)65-56-57(55-64-58(61)52-49-46-43-18-15-12-9-6-3)66-60(63)54-51-48-45-42-39-20-17-14-11-8-5-2/h7,10,14,16-17,19,22-23,25-26,28-29,31-32,34-35,37-38,57H,4-6,8-9,11-13,15,18,20-21,24,27,30,33,36,39-56H2,1-3H3/b10-7-,17-14-,19-16-,23-22-,26-25-,29-28-,32-31-,35-34-,38-37-. The van der Waals surface area contributed by atoms with E-state index < -0.39 is 6.10 Å². The van der Waals surface area contributed by atoms with E-state index in [-0.39, 0.29) is 31.1 Å². The van der Waals surface area contributed by atoms with Gasteiger partial charge in [0, 0.05) is 19.3 Å². The normalized spacial score (nSPS) is 13.0. The lowest BCUT2D eigenvalue weighted by Crippen LogP contribution is -2.30. The van der Waals surface area contributed by atoms with Crippen LogP contribution in [-0.4, -0.2) is 37.2 Å². The summed E-state index contributed by atoms with van der Waals surface area (Å²) in [5.74, 6) is -0.936. The highest BCUT2D eigenvalue weighted by molar-refractivity contribution is 5.71. The first kappa shape index (κ1) is 62.1. The van der Waals surface area contributed by atoms with Gasteiger partial charge in [-0.15, -0.1) is 0 Å². The molecule has 1 atom stereocenters. The minimum Gasteiger partial charge on any atom is -0.462 e. The molecule has 0 heterocycles. The monoisotopic (exact) mass is 915 g/mol. The van der Waals surface area contributed by atoms with E-state index in [1.807, 2.05) is 0 Å². The lowest BCUT2D eigenvalue weighted by molar-refractivity contribution is -0.167. The van der Waals surface area contributed by atoms with Gasteiger partial charge in [-0.1, -0.05) is 220 Å². The number of esters is 3. The molecule has 0 N–H and O–H groups in total. The fourth-order valence-corrected chi connectivity index (χ4v) is 6.97. The van der Waals surface area contributed by atoms with Crippen molar-refractivity contribution in [3.8, 4) is 0 Å². The highest BCUT2D eigenvalue weighted by Crippen LogP contribution is 2.13. The van der Waals surface area contributed by atoms with Crippen LogP contribution in [0.3, 0.4) is 0 Å². The second-order valence-electron chi connectivity index (χ2n) is 17.4. The largest absolute Gasteiger partial charge is 0.462 e. The summed E-state index contributed by atoms with van der Waals surface area (Å²) in [6.07, 6.45) is 72.4. The van der Waals surface area contributed by atoms with Crippen molar-refractivity contribution in [2.45, 2.75) is 239 Å². The smallest absolute Gasteiger partial charge is 0.306 e. The van der Waals surface area contributed by atoms with E-state index in [9.17, 15) is 14.4 Å². The Morgan fingerprint density at radius 3 is 0.985 bits per heavy atom. The second kappa shape index (κ2) is 53.7. The summed E-state index contributed by atoms with van der Waals surface area (Å²) in [6, 6.07) is 0. The Bertz CT molecular complexity index is 1370. The molecule has 0 bridgehead atoms. The predicted octanol–water partition coefficient (Wildman–Crippen LogP) is 17.9. The highest BCUT2D eigenvalue weighted by Gasteiger charge is 2.19. The molecule has 0 saturated heterocycles. The molecule has 0 saturated carbocycles. The van der Waals surface area contributed by atoms with Gasteiger partial charge in [0.1, 0.15) is 13.2 Å². The van der Waals surface area contributed by atoms with Gasteiger partial charge in [-0.05, 0) is 103 Å². The van der Waals surface area contributed by atoms with Crippen molar-refractivity contribution in [2.75, 3.05) is 13.2 Å². The Balaban J connectivity index is 4.25. The number of carbonyl (C=O) groups is 3. The van der Waals surface area contributed by atoms with Crippen molar-refractivity contribution in [3.63, 3.8) is 0 Å². The zero-order valence-corrected chi connectivity index (χ0v) is 42.7. The van der Waals surface area contributed by atoms with Gasteiger partial charge in [0.15, 0.2) is 6.10 Å². The van der Waals surface area contributed by atoms with Crippen LogP contribution in [0.4, 0.5) is 0 Å². The molecular formula is C60H98O6. The molecule has 1 unspecified atom stereocenters. The first-order valence-corrected chi connectivity index (χ1v) is 26.9. The van der Waals surface area contributed by atoms with Crippen molar-refractivity contribution in [1.29, 1.82) is 0 Å². The van der Waals surface area contributed by atoms with Crippen molar-refractivity contribution < 1.29 is 28.6 Å². The Morgan fingerprint density at radius 2 is 0.606 bits per heavy atom. The third-order valence-corrected chi connectivity index (χ3v) is 11.0. The Kier molecular flexibility index (Phi) is 50.5. The Labute approximate surface area is 406 Å². The zero-order valence-electron chi connectivity index (χ0n) is 42.7. The molecule has 0 fully saturated rings. The van der Waals surface area contributed by atoms with Crippen LogP contribution in [0.15, 0.2) is 109 Å². The maximum absolute atomic E-state index is 12.7. The van der Waals surface area contributed by atoms with Crippen molar-refractivity contribution in [3.05, 3.63) is 109 Å². The molecule has 0 aliphatic heterocycles. The first-order chi connectivity index (χ1) is 32.5. The maximum atomic E-state index is 12.7. The summed E-state index contributed by atoms with van der Waals surface area (Å²) in [7, 11) is 0. The lowest BCUT2D eigenvalue weighted by atomic mass is 10.1. The number of carbonyl (C=O) groups excluding carboxylic acids is 3. The van der Waals surface area contributed by atoms with Crippen LogP contribution in [0.5, 0.6) is 0 Å². The molecule has 0 aromatic carbocycles. The summed E-state index contributed by atoms with van der Waals surface area (Å²) >= 11 is 0. The summed E-state index contributed by atoms with van der Waals surface area (Å²) in [4.78, 5) is 37.8. The molecule has 6 nitrogen and oxygen atoms in total. The van der Waals surface area contributed by atoms with Gasteiger partial charge in [-0.25, -0.2) is 0 Å². The molecule has 0 aromatic rings. The number of allylic oxidation sites excluding steroid dienone is 18. The fourth-order valence-electron chi connectivity index (χ4n) is 6.97. The molecule has 0 rings (SSSR count). The molecular weight excluding hydrogens is 817 g/mol. The molecule has 0 spiro atoms. The van der Waals surface area contributed by atoms with Crippen LogP contribution in [0.1, 0.15) is 233 Å². The van der Waals surface area contributed by atoms with Crippen molar-refractivity contribution >= 4 is 17.9 Å². The zero-order chi connectivity index (χ0) is 47.9. The number of unbranched alkanes of at least 4 members (excludes halogenated alkanes) is 18. The van der Waals surface area contributed by atoms with Crippen molar-refractivity contribution in [2.24, 2.45) is 0 Å². The number of hydrogen-bond donors (Lipinski definition) is 0. The average molecular weight is 915 g/mol. The van der Waals surface area contributed by atoms with Crippen LogP contribution in [0.25, 0.3) is 0 Å². The first-order valence-electron chi connectivity index (χ1n) is 26.9. The molecule has 374 valence electrons. The van der Waals surface area contributed by atoms with E-state index in [2.05, 4.69) is 130 Å². The minimum absolute atomic E-state index is 0.0899. The molecule has 0 radical (unpaired) electrons. The predicted molar refractivity (Wildman–Crippen MR) is 283 cm³/mol. The maximum Gasteiger partial charge on any atom is 0.306 e. The van der Waals surface area contributed by atoms with Gasteiger partial charge in [0.25, 0.3) is 0 Å². The van der Waals surface area contributed by atoms with E-state index in [1.54, 1.807) is 0 Å². The SMILES string of the molecule is CC/C=C\C/C=C\C/C=C\C/C=C\C/C=C\C/C=C\C/C=C\C/C=C\CCCCCCC(=O)OCC(COC(=O)CCCCCCCCCC)OC(=O)CCCCCCC/C=C\CCCC. The highest BCUT2D eigenvalue weighted by atomic mass is 16.6. The van der Waals surface area contributed by atoms with Crippen molar-refractivity contribution in [1.82, 2.24) is 0 Å². The third-order valence-electron chi connectivity index (χ3n) is 11.0. The minimum atomic E-state index is -0.790. The molecule has 0 aromatic heterocycles. The Hall–Kier alpha value is -3.93. The molecule has 6 heteroatoms. The summed E-state index contributed by atoms with van der Waals surface area (Å²) in [6.45, 7) is 6.41. The van der Waals surface area contributed by atoms with Crippen LogP contribution in [0, 0.1) is 0 Å². The van der Waals surface area contributed by atoms with Gasteiger partial charge in [-0.3, -0.25) is 14.4 Å². The number of ether oxygens (including phenoxy) is 3. The van der Waals surface area contributed by atoms with E-state index in [0.29, 0.717) is 19.3 Å². The number of hydrogen-bond acceptors (Lipinski definition) is 6. The molecule has 66 heavy (non-hydrogen) atoms. The lowest BCUT2D eigenvalue weighted by Gasteiger charge is -2.18. The summed E-state index contributed by atoms with van der Waals surface area (Å²) < 4.78 is 16.7. The Morgan fingerprint density at radius 1 is 0.318 bits per heavy atom. The van der Waals surface area contributed by atoms with Gasteiger partial charge in [0.2, 0.25) is 0 Å².